The summed E-state index contributed by atoms with van der Waals surface area (Å²) in [5.41, 5.74) is 0. The van der Waals surface area contributed by atoms with E-state index >= 15 is 0 Å². The van der Waals surface area contributed by atoms with Gasteiger partial charge in [-0.05, 0) is 61.5 Å². The zero-order valence-corrected chi connectivity index (χ0v) is 14.0. The fourth-order valence-electron chi connectivity index (χ4n) is 3.49. The third-order valence-corrected chi connectivity index (χ3v) is 6.28. The van der Waals surface area contributed by atoms with E-state index < -0.39 is 0 Å². The Kier molecular flexibility index (Phi) is 3.52. The SMILES string of the molecule is O=C(N[C@@H]1CN2CCC1CC2)c1cc2cc(Br)ccc2s1. The lowest BCUT2D eigenvalue weighted by Gasteiger charge is -2.44. The van der Waals surface area contributed by atoms with Gasteiger partial charge in [0.05, 0.1) is 4.88 Å². The number of rotatable bonds is 2. The van der Waals surface area contributed by atoms with E-state index in [1.807, 2.05) is 12.1 Å². The molecule has 1 amide bonds. The van der Waals surface area contributed by atoms with E-state index in [-0.39, 0.29) is 5.91 Å². The van der Waals surface area contributed by atoms with Crippen LogP contribution in [0.5, 0.6) is 0 Å². The van der Waals surface area contributed by atoms with Crippen LogP contribution in [0.1, 0.15) is 22.5 Å². The molecule has 5 heteroatoms. The van der Waals surface area contributed by atoms with Crippen molar-refractivity contribution >= 4 is 43.3 Å². The molecule has 4 heterocycles. The first-order valence-corrected chi connectivity index (χ1v) is 9.02. The van der Waals surface area contributed by atoms with Crippen molar-refractivity contribution in [3.05, 3.63) is 33.6 Å². The van der Waals surface area contributed by atoms with Crippen molar-refractivity contribution < 1.29 is 4.79 Å². The Balaban J connectivity index is 1.53. The summed E-state index contributed by atoms with van der Waals surface area (Å²) in [6.07, 6.45) is 2.45. The van der Waals surface area contributed by atoms with Crippen LogP contribution >= 0.6 is 27.3 Å². The number of thiophene rings is 1. The van der Waals surface area contributed by atoms with Crippen LogP contribution in [0, 0.1) is 5.92 Å². The standard InChI is InChI=1S/C16H17BrN2OS/c17-12-1-2-14-11(7-12)8-15(21-14)16(20)18-13-9-19-5-3-10(13)4-6-19/h1-2,7-8,10,13H,3-6,9H2,(H,18,20)/t13-/m1/s1. The summed E-state index contributed by atoms with van der Waals surface area (Å²) in [5, 5.41) is 4.39. The van der Waals surface area contributed by atoms with Crippen LogP contribution in [0.4, 0.5) is 0 Å². The zero-order valence-electron chi connectivity index (χ0n) is 11.6. The molecule has 2 aromatic rings. The molecule has 3 aliphatic heterocycles. The Bertz CT molecular complexity index is 691. The van der Waals surface area contributed by atoms with Gasteiger partial charge in [-0.3, -0.25) is 4.79 Å². The second kappa shape index (κ2) is 5.38. The third kappa shape index (κ3) is 2.62. The lowest BCUT2D eigenvalue weighted by Crippen LogP contribution is -2.57. The average molecular weight is 365 g/mol. The first kappa shape index (κ1) is 13.7. The van der Waals surface area contributed by atoms with Crippen LogP contribution in [0.25, 0.3) is 10.1 Å². The Morgan fingerprint density at radius 2 is 2.10 bits per heavy atom. The maximum absolute atomic E-state index is 12.5. The van der Waals surface area contributed by atoms with E-state index in [4.69, 9.17) is 0 Å². The minimum absolute atomic E-state index is 0.0890. The molecule has 0 unspecified atom stereocenters. The molecule has 3 fully saturated rings. The van der Waals surface area contributed by atoms with Crippen LogP contribution in [0.15, 0.2) is 28.7 Å². The second-order valence-corrected chi connectivity index (χ2v) is 8.01. The maximum atomic E-state index is 12.5. The molecule has 21 heavy (non-hydrogen) atoms. The molecule has 2 bridgehead atoms. The smallest absolute Gasteiger partial charge is 0.261 e. The van der Waals surface area contributed by atoms with E-state index in [0.29, 0.717) is 12.0 Å². The first-order valence-electron chi connectivity index (χ1n) is 7.41. The number of fused-ring (bicyclic) bond motifs is 4. The van der Waals surface area contributed by atoms with Crippen LogP contribution in [0.2, 0.25) is 0 Å². The molecule has 5 rings (SSSR count). The lowest BCUT2D eigenvalue weighted by atomic mass is 9.84. The Morgan fingerprint density at radius 1 is 1.29 bits per heavy atom. The number of amides is 1. The number of piperidine rings is 3. The van der Waals surface area contributed by atoms with E-state index in [1.54, 1.807) is 11.3 Å². The number of nitrogens with one attached hydrogen (secondary N) is 1. The predicted octanol–water partition coefficient (Wildman–Crippen LogP) is 3.49. The lowest BCUT2D eigenvalue weighted by molar-refractivity contribution is 0.0622. The molecule has 3 saturated heterocycles. The fourth-order valence-corrected chi connectivity index (χ4v) is 4.82. The molecular formula is C16H17BrN2OS. The van der Waals surface area contributed by atoms with Gasteiger partial charge in [-0.25, -0.2) is 0 Å². The van der Waals surface area contributed by atoms with Crippen molar-refractivity contribution in [1.82, 2.24) is 10.2 Å². The fraction of sp³-hybridized carbons (Fsp3) is 0.438. The van der Waals surface area contributed by atoms with Gasteiger partial charge in [-0.2, -0.15) is 0 Å². The van der Waals surface area contributed by atoms with Gasteiger partial charge in [0.1, 0.15) is 0 Å². The second-order valence-electron chi connectivity index (χ2n) is 6.01. The van der Waals surface area contributed by atoms with E-state index in [0.717, 1.165) is 26.0 Å². The van der Waals surface area contributed by atoms with Crippen molar-refractivity contribution in [2.45, 2.75) is 18.9 Å². The van der Waals surface area contributed by atoms with Crippen molar-refractivity contribution in [2.24, 2.45) is 5.92 Å². The minimum atomic E-state index is 0.0890. The largest absolute Gasteiger partial charge is 0.347 e. The Morgan fingerprint density at radius 3 is 2.81 bits per heavy atom. The summed E-state index contributed by atoms with van der Waals surface area (Å²) in [6, 6.07) is 8.48. The molecule has 0 spiro atoms. The zero-order chi connectivity index (χ0) is 14.4. The highest BCUT2D eigenvalue weighted by Crippen LogP contribution is 2.30. The highest BCUT2D eigenvalue weighted by molar-refractivity contribution is 9.10. The van der Waals surface area contributed by atoms with E-state index in [2.05, 4.69) is 38.3 Å². The van der Waals surface area contributed by atoms with Crippen molar-refractivity contribution in [1.29, 1.82) is 0 Å². The van der Waals surface area contributed by atoms with Gasteiger partial charge in [0.25, 0.3) is 5.91 Å². The quantitative estimate of drug-likeness (QED) is 0.884. The highest BCUT2D eigenvalue weighted by Gasteiger charge is 2.35. The topological polar surface area (TPSA) is 32.3 Å². The Labute approximate surface area is 136 Å². The normalized spacial score (nSPS) is 28.0. The minimum Gasteiger partial charge on any atom is -0.347 e. The molecule has 0 saturated carbocycles. The summed E-state index contributed by atoms with van der Waals surface area (Å²) in [7, 11) is 0. The molecule has 3 nitrogen and oxygen atoms in total. The predicted molar refractivity (Wildman–Crippen MR) is 89.9 cm³/mol. The molecule has 3 aliphatic rings. The van der Waals surface area contributed by atoms with Crippen molar-refractivity contribution in [3.63, 3.8) is 0 Å². The molecule has 110 valence electrons. The van der Waals surface area contributed by atoms with Crippen molar-refractivity contribution in [3.8, 4) is 0 Å². The van der Waals surface area contributed by atoms with E-state index in [1.165, 1.54) is 25.9 Å². The summed E-state index contributed by atoms with van der Waals surface area (Å²) >= 11 is 5.06. The van der Waals surface area contributed by atoms with Gasteiger partial charge in [-0.1, -0.05) is 15.9 Å². The van der Waals surface area contributed by atoms with Crippen LogP contribution in [0.3, 0.4) is 0 Å². The first-order chi connectivity index (χ1) is 10.2. The van der Waals surface area contributed by atoms with Gasteiger partial charge >= 0.3 is 0 Å². The molecule has 0 radical (unpaired) electrons. The number of carbonyl (C=O) groups excluding carboxylic acids is 1. The van der Waals surface area contributed by atoms with E-state index in [9.17, 15) is 4.79 Å². The third-order valence-electron chi connectivity index (χ3n) is 4.67. The van der Waals surface area contributed by atoms with Gasteiger partial charge in [0, 0.05) is 21.8 Å². The number of benzene rings is 1. The monoisotopic (exact) mass is 364 g/mol. The van der Waals surface area contributed by atoms with Gasteiger partial charge in [0.15, 0.2) is 0 Å². The van der Waals surface area contributed by atoms with Gasteiger partial charge in [0.2, 0.25) is 0 Å². The molecule has 1 atom stereocenters. The van der Waals surface area contributed by atoms with Gasteiger partial charge in [-0.15, -0.1) is 11.3 Å². The summed E-state index contributed by atoms with van der Waals surface area (Å²) in [6.45, 7) is 3.43. The van der Waals surface area contributed by atoms with Crippen LogP contribution in [-0.4, -0.2) is 36.5 Å². The molecule has 1 aromatic heterocycles. The van der Waals surface area contributed by atoms with Gasteiger partial charge < -0.3 is 10.2 Å². The summed E-state index contributed by atoms with van der Waals surface area (Å²) < 4.78 is 2.22. The van der Waals surface area contributed by atoms with Crippen LogP contribution in [-0.2, 0) is 0 Å². The van der Waals surface area contributed by atoms with Crippen LogP contribution < -0.4 is 5.32 Å². The number of nitrogens with zero attached hydrogens (tertiary/aromatic N) is 1. The Hall–Kier alpha value is -0.910. The molecule has 1 aromatic carbocycles. The highest BCUT2D eigenvalue weighted by atomic mass is 79.9. The molecular weight excluding hydrogens is 348 g/mol. The summed E-state index contributed by atoms with van der Waals surface area (Å²) in [5.74, 6) is 0.758. The summed E-state index contributed by atoms with van der Waals surface area (Å²) in [4.78, 5) is 15.8. The maximum Gasteiger partial charge on any atom is 0.261 e. The molecule has 1 N–H and O–H groups in total. The number of carbonyl (C=O) groups is 1. The number of hydrogen-bond donors (Lipinski definition) is 1. The number of hydrogen-bond acceptors (Lipinski definition) is 3. The van der Waals surface area contributed by atoms with Crippen molar-refractivity contribution in [2.75, 3.05) is 19.6 Å². The number of halogens is 1. The molecule has 0 aliphatic carbocycles. The average Bonchev–Trinajstić information content (AvgIpc) is 2.91.